The van der Waals surface area contributed by atoms with Crippen LogP contribution < -0.4 is 20.1 Å². The number of benzene rings is 2. The van der Waals surface area contributed by atoms with E-state index in [0.717, 1.165) is 16.9 Å². The molecule has 2 aromatic carbocycles. The molecular formula is C20H17N3O5S2. The van der Waals surface area contributed by atoms with Crippen LogP contribution in [0.25, 0.3) is 0 Å². The van der Waals surface area contributed by atoms with Crippen molar-refractivity contribution in [1.82, 2.24) is 0 Å². The average Bonchev–Trinajstić information content (AvgIpc) is 3.20. The Kier molecular flexibility index (Phi) is 5.18. The van der Waals surface area contributed by atoms with Crippen molar-refractivity contribution in [1.29, 1.82) is 0 Å². The number of anilines is 3. The first-order valence-corrected chi connectivity index (χ1v) is 11.2. The highest BCUT2D eigenvalue weighted by Gasteiger charge is 2.25. The van der Waals surface area contributed by atoms with Crippen LogP contribution in [0.1, 0.15) is 15.2 Å². The third kappa shape index (κ3) is 4.14. The number of carbonyl (C=O) groups is 2. The molecular weight excluding hydrogens is 426 g/mol. The lowest BCUT2D eigenvalue weighted by molar-refractivity contribution is -0.118. The Bertz CT molecular complexity index is 1230. The maximum absolute atomic E-state index is 12.8. The highest BCUT2D eigenvalue weighted by molar-refractivity contribution is 7.93. The molecule has 1 aromatic heterocycles. The van der Waals surface area contributed by atoms with Crippen LogP contribution in [0.3, 0.4) is 0 Å². The Hall–Kier alpha value is -3.37. The van der Waals surface area contributed by atoms with Gasteiger partial charge in [0.1, 0.15) is 15.5 Å². The van der Waals surface area contributed by atoms with Gasteiger partial charge in [0, 0.05) is 11.4 Å². The molecule has 0 unspecified atom stereocenters. The second-order valence-electron chi connectivity index (χ2n) is 6.59. The van der Waals surface area contributed by atoms with Crippen LogP contribution in [0.15, 0.2) is 58.8 Å². The molecule has 1 aliphatic heterocycles. The van der Waals surface area contributed by atoms with E-state index < -0.39 is 15.9 Å². The number of aryl methyl sites for hydroxylation is 1. The minimum atomic E-state index is -3.95. The van der Waals surface area contributed by atoms with Gasteiger partial charge in [-0.25, -0.2) is 8.42 Å². The van der Waals surface area contributed by atoms with Crippen LogP contribution in [-0.4, -0.2) is 26.8 Å². The predicted octanol–water partition coefficient (Wildman–Crippen LogP) is 3.44. The fourth-order valence-corrected chi connectivity index (χ4v) is 5.24. The summed E-state index contributed by atoms with van der Waals surface area (Å²) in [5, 5.41) is 6.86. The lowest BCUT2D eigenvalue weighted by Gasteiger charge is -2.18. The van der Waals surface area contributed by atoms with Crippen molar-refractivity contribution >= 4 is 50.2 Å². The van der Waals surface area contributed by atoms with Crippen molar-refractivity contribution in [3.63, 3.8) is 0 Å². The van der Waals surface area contributed by atoms with E-state index in [4.69, 9.17) is 4.74 Å². The molecule has 3 N–H and O–H groups in total. The van der Waals surface area contributed by atoms with Crippen molar-refractivity contribution in [2.75, 3.05) is 22.0 Å². The van der Waals surface area contributed by atoms with E-state index in [2.05, 4.69) is 15.4 Å². The molecule has 30 heavy (non-hydrogen) atoms. The van der Waals surface area contributed by atoms with Gasteiger partial charge in [-0.05, 0) is 48.7 Å². The molecule has 154 valence electrons. The van der Waals surface area contributed by atoms with Crippen molar-refractivity contribution in [2.24, 2.45) is 0 Å². The summed E-state index contributed by atoms with van der Waals surface area (Å²) in [4.78, 5) is 24.2. The van der Waals surface area contributed by atoms with Gasteiger partial charge >= 0.3 is 0 Å². The summed E-state index contributed by atoms with van der Waals surface area (Å²) < 4.78 is 33.4. The second kappa shape index (κ2) is 7.81. The number of hydrogen-bond acceptors (Lipinski definition) is 6. The summed E-state index contributed by atoms with van der Waals surface area (Å²) in [6.45, 7) is 1.83. The number of ether oxygens (including phenoxy) is 1. The molecule has 1 aliphatic rings. The van der Waals surface area contributed by atoms with Gasteiger partial charge in [-0.15, -0.1) is 11.3 Å². The summed E-state index contributed by atoms with van der Waals surface area (Å²) in [6, 6.07) is 13.1. The molecule has 0 spiro atoms. The minimum Gasteiger partial charge on any atom is -0.482 e. The number of amides is 2. The highest BCUT2D eigenvalue weighted by Crippen LogP contribution is 2.31. The maximum atomic E-state index is 12.8. The molecule has 3 aromatic rings. The smallest absolute Gasteiger partial charge is 0.267 e. The number of fused-ring (bicyclic) bond motifs is 1. The quantitative estimate of drug-likeness (QED) is 0.559. The lowest BCUT2D eigenvalue weighted by Crippen LogP contribution is -2.25. The Morgan fingerprint density at radius 3 is 2.60 bits per heavy atom. The van der Waals surface area contributed by atoms with Crippen molar-refractivity contribution in [3.05, 3.63) is 64.4 Å². The van der Waals surface area contributed by atoms with Gasteiger partial charge in [0.05, 0.1) is 5.69 Å². The van der Waals surface area contributed by atoms with Gasteiger partial charge in [0.25, 0.3) is 21.8 Å². The number of nitrogens with one attached hydrogen (secondary N) is 3. The van der Waals surface area contributed by atoms with Crippen molar-refractivity contribution in [3.8, 4) is 5.75 Å². The first-order valence-electron chi connectivity index (χ1n) is 8.87. The van der Waals surface area contributed by atoms with E-state index in [0.29, 0.717) is 22.8 Å². The SMILES string of the molecule is Cc1ccc(NS(=O)(=O)c2ccsc2C(=O)Nc2ccc3c(c2)NC(=O)CO3)cc1. The Morgan fingerprint density at radius 1 is 1.10 bits per heavy atom. The van der Waals surface area contributed by atoms with Crippen LogP contribution in [0.5, 0.6) is 5.75 Å². The Balaban J connectivity index is 1.55. The number of rotatable bonds is 5. The molecule has 0 saturated carbocycles. The molecule has 0 fully saturated rings. The van der Waals surface area contributed by atoms with Gasteiger partial charge < -0.3 is 15.4 Å². The molecule has 0 bridgehead atoms. The summed E-state index contributed by atoms with van der Waals surface area (Å²) in [5.74, 6) is -0.369. The van der Waals surface area contributed by atoms with E-state index >= 15 is 0 Å². The van der Waals surface area contributed by atoms with E-state index in [-0.39, 0.29) is 22.3 Å². The normalized spacial score (nSPS) is 13.0. The van der Waals surface area contributed by atoms with Crippen LogP contribution in [0.4, 0.5) is 17.1 Å². The summed E-state index contributed by atoms with van der Waals surface area (Å²) >= 11 is 1.02. The van der Waals surface area contributed by atoms with Gasteiger partial charge in [-0.1, -0.05) is 17.7 Å². The number of carbonyl (C=O) groups excluding carboxylic acids is 2. The molecule has 4 rings (SSSR count). The fourth-order valence-electron chi connectivity index (χ4n) is 2.86. The summed E-state index contributed by atoms with van der Waals surface area (Å²) in [5.41, 5.74) is 2.24. The molecule has 2 heterocycles. The topological polar surface area (TPSA) is 114 Å². The van der Waals surface area contributed by atoms with Gasteiger partial charge in [0.2, 0.25) is 0 Å². The van der Waals surface area contributed by atoms with Gasteiger partial charge in [-0.2, -0.15) is 0 Å². The number of hydrogen-bond donors (Lipinski definition) is 3. The summed E-state index contributed by atoms with van der Waals surface area (Å²) in [6.07, 6.45) is 0. The Morgan fingerprint density at radius 2 is 1.83 bits per heavy atom. The minimum absolute atomic E-state index is 0.0487. The zero-order chi connectivity index (χ0) is 21.3. The van der Waals surface area contributed by atoms with E-state index in [9.17, 15) is 18.0 Å². The van der Waals surface area contributed by atoms with E-state index in [1.165, 1.54) is 6.07 Å². The molecule has 0 radical (unpaired) electrons. The van der Waals surface area contributed by atoms with Gasteiger partial charge in [0.15, 0.2) is 6.61 Å². The number of thiophene rings is 1. The third-order valence-electron chi connectivity index (χ3n) is 4.30. The maximum Gasteiger partial charge on any atom is 0.267 e. The molecule has 8 nitrogen and oxygen atoms in total. The Labute approximate surface area is 176 Å². The van der Waals surface area contributed by atoms with Crippen LogP contribution in [-0.2, 0) is 14.8 Å². The fraction of sp³-hybridized carbons (Fsp3) is 0.100. The first kappa shape index (κ1) is 19.9. The van der Waals surface area contributed by atoms with Crippen LogP contribution >= 0.6 is 11.3 Å². The molecule has 0 atom stereocenters. The zero-order valence-corrected chi connectivity index (χ0v) is 17.4. The molecule has 0 saturated heterocycles. The first-order chi connectivity index (χ1) is 14.3. The van der Waals surface area contributed by atoms with E-state index in [1.54, 1.807) is 47.8 Å². The highest BCUT2D eigenvalue weighted by atomic mass is 32.2. The largest absolute Gasteiger partial charge is 0.482 e. The van der Waals surface area contributed by atoms with Gasteiger partial charge in [-0.3, -0.25) is 14.3 Å². The van der Waals surface area contributed by atoms with Crippen molar-refractivity contribution < 1.29 is 22.7 Å². The van der Waals surface area contributed by atoms with Crippen LogP contribution in [0, 0.1) is 6.92 Å². The number of sulfonamides is 1. The molecule has 0 aliphatic carbocycles. The molecule has 2 amide bonds. The predicted molar refractivity (Wildman–Crippen MR) is 115 cm³/mol. The van der Waals surface area contributed by atoms with E-state index in [1.807, 2.05) is 6.92 Å². The summed E-state index contributed by atoms with van der Waals surface area (Å²) in [7, 11) is -3.95. The second-order valence-corrected chi connectivity index (χ2v) is 9.15. The standard InChI is InChI=1S/C20H17N3O5S2/c1-12-2-4-13(5-3-12)23-30(26,27)17-8-9-29-19(17)20(25)21-14-6-7-16-15(10-14)22-18(24)11-28-16/h2-10,23H,11H2,1H3,(H,21,25)(H,22,24). The van der Waals surface area contributed by atoms with Crippen LogP contribution in [0.2, 0.25) is 0 Å². The lowest BCUT2D eigenvalue weighted by atomic mass is 10.2. The molecule has 10 heteroatoms. The average molecular weight is 444 g/mol. The zero-order valence-electron chi connectivity index (χ0n) is 15.8. The monoisotopic (exact) mass is 443 g/mol. The third-order valence-corrected chi connectivity index (χ3v) is 6.76. The van der Waals surface area contributed by atoms with Crippen molar-refractivity contribution in [2.45, 2.75) is 11.8 Å².